The minimum atomic E-state index is -0.541. The van der Waals surface area contributed by atoms with Crippen molar-refractivity contribution in [3.63, 3.8) is 0 Å². The van der Waals surface area contributed by atoms with Crippen molar-refractivity contribution in [2.45, 2.75) is 98.0 Å². The molecule has 0 heterocycles. The zero-order valence-electron chi connectivity index (χ0n) is 20.4. The summed E-state index contributed by atoms with van der Waals surface area (Å²) in [6.45, 7) is 9.06. The summed E-state index contributed by atoms with van der Waals surface area (Å²) in [5.74, 6) is 2.54. The van der Waals surface area contributed by atoms with Crippen LogP contribution in [0.25, 0.3) is 0 Å². The Kier molecular flexibility index (Phi) is 6.35. The average molecular weight is 433 g/mol. The molecule has 4 heteroatoms. The summed E-state index contributed by atoms with van der Waals surface area (Å²) >= 11 is 0. The van der Waals surface area contributed by atoms with Gasteiger partial charge in [0, 0.05) is 18.3 Å². The topological polar surface area (TPSA) is 63.6 Å². The molecule has 0 spiro atoms. The van der Waals surface area contributed by atoms with E-state index < -0.39 is 6.10 Å². The maximum Gasteiger partial charge on any atom is 0.305 e. The molecule has 0 amide bonds. The SMILES string of the molecule is COC(=O)CCC(C)[C@H]1CC[C@H]2[C@@H]3C(=O)[C@H](C(C)O)[C@@H]4CCCC[C@]4(C)[C@H]3CC[C@]12C. The monoisotopic (exact) mass is 432 g/mol. The standard InChI is InChI=1S/C27H44O4/c1-16(9-12-22(29)31-5)18-10-11-20-24-21(13-15-27(18,20)4)26(3)14-7-6-8-19(26)23(17(2)28)25(24)30/h16-21,23-24,28H,6-15H2,1-5H3/t16?,17?,18-,19+,20+,21+,23-,24+,26+,27-/m1/s1. The molecule has 4 fully saturated rings. The zero-order chi connectivity index (χ0) is 22.6. The van der Waals surface area contributed by atoms with E-state index in [9.17, 15) is 14.7 Å². The Morgan fingerprint density at radius 1 is 1.03 bits per heavy atom. The molecule has 0 aromatic heterocycles. The number of carbonyl (C=O) groups excluding carboxylic acids is 2. The van der Waals surface area contributed by atoms with Crippen LogP contribution in [0.3, 0.4) is 0 Å². The minimum absolute atomic E-state index is 0.117. The van der Waals surface area contributed by atoms with E-state index in [1.165, 1.54) is 39.2 Å². The number of ketones is 1. The van der Waals surface area contributed by atoms with Crippen LogP contribution in [-0.2, 0) is 14.3 Å². The highest BCUT2D eigenvalue weighted by atomic mass is 16.5. The molecule has 0 bridgehead atoms. The van der Waals surface area contributed by atoms with E-state index in [1.807, 2.05) is 6.92 Å². The van der Waals surface area contributed by atoms with Gasteiger partial charge in [0.15, 0.2) is 0 Å². The molecule has 2 unspecified atom stereocenters. The van der Waals surface area contributed by atoms with Crippen LogP contribution < -0.4 is 0 Å². The molecule has 4 rings (SSSR count). The van der Waals surface area contributed by atoms with Gasteiger partial charge in [-0.2, -0.15) is 0 Å². The summed E-state index contributed by atoms with van der Waals surface area (Å²) in [4.78, 5) is 25.7. The molecule has 4 saturated carbocycles. The number of aliphatic hydroxyl groups is 1. The van der Waals surface area contributed by atoms with Crippen molar-refractivity contribution in [3.05, 3.63) is 0 Å². The first-order chi connectivity index (χ1) is 14.6. The lowest BCUT2D eigenvalue weighted by Gasteiger charge is -2.62. The van der Waals surface area contributed by atoms with Crippen LogP contribution in [0, 0.1) is 52.3 Å². The predicted octanol–water partition coefficient (Wildman–Crippen LogP) is 5.41. The number of esters is 1. The van der Waals surface area contributed by atoms with Gasteiger partial charge in [-0.1, -0.05) is 33.6 Å². The zero-order valence-corrected chi connectivity index (χ0v) is 20.4. The third-order valence-electron chi connectivity index (χ3n) is 10.8. The van der Waals surface area contributed by atoms with Crippen LogP contribution in [0.5, 0.6) is 0 Å². The molecule has 0 aliphatic heterocycles. The van der Waals surface area contributed by atoms with Crippen molar-refractivity contribution in [2.75, 3.05) is 7.11 Å². The number of hydrogen-bond donors (Lipinski definition) is 1. The normalized spacial score (nSPS) is 46.5. The second kappa shape index (κ2) is 8.47. The fourth-order valence-corrected chi connectivity index (χ4v) is 9.33. The van der Waals surface area contributed by atoms with Crippen molar-refractivity contribution in [2.24, 2.45) is 52.3 Å². The average Bonchev–Trinajstić information content (AvgIpc) is 3.09. The molecule has 0 radical (unpaired) electrons. The van der Waals surface area contributed by atoms with E-state index >= 15 is 0 Å². The summed E-state index contributed by atoms with van der Waals surface area (Å²) in [5.41, 5.74) is 0.377. The van der Waals surface area contributed by atoms with Crippen LogP contribution >= 0.6 is 0 Å². The molecular weight excluding hydrogens is 388 g/mol. The molecule has 0 aromatic rings. The summed E-state index contributed by atoms with van der Waals surface area (Å²) in [7, 11) is 1.47. The molecule has 4 nitrogen and oxygen atoms in total. The van der Waals surface area contributed by atoms with Crippen molar-refractivity contribution < 1.29 is 19.4 Å². The smallest absolute Gasteiger partial charge is 0.305 e. The fraction of sp³-hybridized carbons (Fsp3) is 0.926. The highest BCUT2D eigenvalue weighted by molar-refractivity contribution is 5.86. The fourth-order valence-electron chi connectivity index (χ4n) is 9.33. The molecule has 0 saturated heterocycles. The van der Waals surface area contributed by atoms with Crippen LogP contribution in [0.1, 0.15) is 91.9 Å². The van der Waals surface area contributed by atoms with Crippen molar-refractivity contribution in [1.29, 1.82) is 0 Å². The summed E-state index contributed by atoms with van der Waals surface area (Å²) < 4.78 is 4.87. The number of methoxy groups -OCH3 is 1. The molecule has 176 valence electrons. The first-order valence-corrected chi connectivity index (χ1v) is 12.9. The molecule has 4 aliphatic rings. The number of hydrogen-bond acceptors (Lipinski definition) is 4. The van der Waals surface area contributed by atoms with E-state index in [0.717, 1.165) is 25.7 Å². The number of rotatable bonds is 5. The molecule has 10 atom stereocenters. The van der Waals surface area contributed by atoms with Crippen LogP contribution in [0.4, 0.5) is 0 Å². The second-order valence-electron chi connectivity index (χ2n) is 12.1. The maximum atomic E-state index is 14.0. The Morgan fingerprint density at radius 2 is 1.74 bits per heavy atom. The Labute approximate surface area is 188 Å². The lowest BCUT2D eigenvalue weighted by atomic mass is 9.42. The van der Waals surface area contributed by atoms with E-state index in [4.69, 9.17) is 4.74 Å². The van der Waals surface area contributed by atoms with E-state index in [-0.39, 0.29) is 28.6 Å². The predicted molar refractivity (Wildman–Crippen MR) is 121 cm³/mol. The Hall–Kier alpha value is -0.900. The molecule has 1 N–H and O–H groups in total. The Bertz CT molecular complexity index is 701. The van der Waals surface area contributed by atoms with Crippen molar-refractivity contribution in [1.82, 2.24) is 0 Å². The first kappa shape index (κ1) is 23.3. The number of Topliss-reactive ketones (excluding diaryl/α,β-unsaturated/α-hetero) is 1. The molecular formula is C27H44O4. The van der Waals surface area contributed by atoms with Crippen LogP contribution in [-0.4, -0.2) is 30.1 Å². The minimum Gasteiger partial charge on any atom is -0.469 e. The maximum absolute atomic E-state index is 14.0. The number of aliphatic hydroxyl groups excluding tert-OH is 1. The quantitative estimate of drug-likeness (QED) is 0.590. The molecule has 0 aromatic carbocycles. The highest BCUT2D eigenvalue weighted by Gasteiger charge is 2.65. The van der Waals surface area contributed by atoms with Gasteiger partial charge in [-0.15, -0.1) is 0 Å². The molecule has 31 heavy (non-hydrogen) atoms. The van der Waals surface area contributed by atoms with Gasteiger partial charge in [-0.3, -0.25) is 9.59 Å². The third-order valence-corrected chi connectivity index (χ3v) is 10.8. The van der Waals surface area contributed by atoms with Gasteiger partial charge >= 0.3 is 5.97 Å². The number of ether oxygens (including phenoxy) is 1. The Morgan fingerprint density at radius 3 is 2.42 bits per heavy atom. The largest absolute Gasteiger partial charge is 0.469 e. The van der Waals surface area contributed by atoms with Gasteiger partial charge in [0.05, 0.1) is 13.2 Å². The van der Waals surface area contributed by atoms with Gasteiger partial charge in [-0.25, -0.2) is 0 Å². The first-order valence-electron chi connectivity index (χ1n) is 12.9. The number of carbonyl (C=O) groups is 2. The van der Waals surface area contributed by atoms with Gasteiger partial charge in [0.25, 0.3) is 0 Å². The van der Waals surface area contributed by atoms with Crippen LogP contribution in [0.15, 0.2) is 0 Å². The van der Waals surface area contributed by atoms with Crippen molar-refractivity contribution >= 4 is 11.8 Å². The Balaban J connectivity index is 1.61. The van der Waals surface area contributed by atoms with Crippen molar-refractivity contribution in [3.8, 4) is 0 Å². The van der Waals surface area contributed by atoms with Gasteiger partial charge in [0.1, 0.15) is 5.78 Å². The molecule has 4 aliphatic carbocycles. The second-order valence-corrected chi connectivity index (χ2v) is 12.1. The third kappa shape index (κ3) is 3.60. The lowest BCUT2D eigenvalue weighted by Crippen LogP contribution is -2.61. The summed E-state index contributed by atoms with van der Waals surface area (Å²) in [5, 5.41) is 10.7. The highest BCUT2D eigenvalue weighted by Crippen LogP contribution is 2.68. The van der Waals surface area contributed by atoms with Gasteiger partial charge in [0.2, 0.25) is 0 Å². The number of fused-ring (bicyclic) bond motifs is 5. The van der Waals surface area contributed by atoms with Gasteiger partial charge < -0.3 is 9.84 Å². The summed E-state index contributed by atoms with van der Waals surface area (Å²) in [6.07, 6.45) is 10.3. The van der Waals surface area contributed by atoms with Gasteiger partial charge in [-0.05, 0) is 92.3 Å². The lowest BCUT2D eigenvalue weighted by molar-refractivity contribution is -0.175. The van der Waals surface area contributed by atoms with Crippen LogP contribution in [0.2, 0.25) is 0 Å². The van der Waals surface area contributed by atoms with E-state index in [1.54, 1.807) is 0 Å². The van der Waals surface area contributed by atoms with E-state index in [2.05, 4.69) is 20.8 Å². The van der Waals surface area contributed by atoms with E-state index in [0.29, 0.717) is 41.8 Å². The summed E-state index contributed by atoms with van der Waals surface area (Å²) in [6, 6.07) is 0.